The van der Waals surface area contributed by atoms with Gasteiger partial charge in [-0.1, -0.05) is 24.3 Å². The molecule has 0 heterocycles. The van der Waals surface area contributed by atoms with Crippen LogP contribution in [0.25, 0.3) is 0 Å². The van der Waals surface area contributed by atoms with E-state index in [2.05, 4.69) is 5.10 Å². The summed E-state index contributed by atoms with van der Waals surface area (Å²) in [6, 6.07) is 7.39. The second-order valence-electron chi connectivity index (χ2n) is 2.72. The van der Waals surface area contributed by atoms with Crippen LogP contribution in [-0.4, -0.2) is 11.5 Å². The zero-order valence-corrected chi connectivity index (χ0v) is 6.45. The molecule has 0 amide bonds. The van der Waals surface area contributed by atoms with Crippen LogP contribution in [0.1, 0.15) is 22.3 Å². The average molecular weight is 160 g/mol. The van der Waals surface area contributed by atoms with Gasteiger partial charge in [0.1, 0.15) is 0 Å². The third-order valence-electron chi connectivity index (χ3n) is 2.02. The Hall–Kier alpha value is -1.64. The van der Waals surface area contributed by atoms with E-state index < -0.39 is 0 Å². The minimum Gasteiger partial charge on any atom is -0.323 e. The maximum absolute atomic E-state index is 11.3. The van der Waals surface area contributed by atoms with Crippen LogP contribution in [0.2, 0.25) is 0 Å². The van der Waals surface area contributed by atoms with Crippen LogP contribution < -0.4 is 5.84 Å². The standard InChI is InChI=1S/C9H8N2O/c10-11-8-5-9(12)7-4-2-1-3-6(7)8/h1-4H,5,10H2. The van der Waals surface area contributed by atoms with Gasteiger partial charge in [-0.25, -0.2) is 0 Å². The normalized spacial score (nSPS) is 18.3. The molecule has 0 fully saturated rings. The molecule has 12 heavy (non-hydrogen) atoms. The molecule has 0 saturated carbocycles. The van der Waals surface area contributed by atoms with E-state index in [-0.39, 0.29) is 5.78 Å². The van der Waals surface area contributed by atoms with Crippen LogP contribution in [0.5, 0.6) is 0 Å². The summed E-state index contributed by atoms with van der Waals surface area (Å²) in [5.74, 6) is 5.25. The summed E-state index contributed by atoms with van der Waals surface area (Å²) in [5.41, 5.74) is 2.31. The molecule has 1 aliphatic rings. The van der Waals surface area contributed by atoms with Gasteiger partial charge in [-0.05, 0) is 0 Å². The van der Waals surface area contributed by atoms with Crippen molar-refractivity contribution >= 4 is 11.5 Å². The molecule has 1 aliphatic carbocycles. The maximum Gasteiger partial charge on any atom is 0.169 e. The second kappa shape index (κ2) is 2.44. The molecule has 0 aromatic heterocycles. The molecule has 2 rings (SSSR count). The first kappa shape index (κ1) is 7.03. The van der Waals surface area contributed by atoms with Crippen LogP contribution in [0.15, 0.2) is 29.4 Å². The van der Waals surface area contributed by atoms with E-state index >= 15 is 0 Å². The third kappa shape index (κ3) is 0.830. The maximum atomic E-state index is 11.3. The lowest BCUT2D eigenvalue weighted by atomic mass is 10.1. The minimum absolute atomic E-state index is 0.106. The predicted molar refractivity (Wildman–Crippen MR) is 46.1 cm³/mol. The Morgan fingerprint density at radius 3 is 2.58 bits per heavy atom. The van der Waals surface area contributed by atoms with E-state index in [9.17, 15) is 4.79 Å². The molecular weight excluding hydrogens is 152 g/mol. The molecular formula is C9H8N2O. The lowest BCUT2D eigenvalue weighted by Gasteiger charge is -1.94. The van der Waals surface area contributed by atoms with E-state index in [4.69, 9.17) is 5.84 Å². The fourth-order valence-electron chi connectivity index (χ4n) is 1.44. The summed E-state index contributed by atoms with van der Waals surface area (Å²) < 4.78 is 0. The Labute approximate surface area is 69.9 Å². The molecule has 60 valence electrons. The number of rotatable bonds is 0. The molecule has 0 spiro atoms. The van der Waals surface area contributed by atoms with Gasteiger partial charge in [0.05, 0.1) is 12.1 Å². The number of Topliss-reactive ketones (excluding diaryl/α,β-unsaturated/α-hetero) is 1. The van der Waals surface area contributed by atoms with Crippen molar-refractivity contribution in [1.82, 2.24) is 0 Å². The summed E-state index contributed by atoms with van der Waals surface area (Å²) in [5, 5.41) is 3.58. The van der Waals surface area contributed by atoms with E-state index in [1.54, 1.807) is 6.07 Å². The quantitative estimate of drug-likeness (QED) is 0.453. The Morgan fingerprint density at radius 2 is 1.92 bits per heavy atom. The van der Waals surface area contributed by atoms with Gasteiger partial charge >= 0.3 is 0 Å². The largest absolute Gasteiger partial charge is 0.323 e. The van der Waals surface area contributed by atoms with E-state index in [1.165, 1.54) is 0 Å². The summed E-state index contributed by atoms with van der Waals surface area (Å²) in [4.78, 5) is 11.3. The van der Waals surface area contributed by atoms with Crippen LogP contribution in [0, 0.1) is 0 Å². The van der Waals surface area contributed by atoms with Crippen molar-refractivity contribution in [3.63, 3.8) is 0 Å². The van der Waals surface area contributed by atoms with Crippen LogP contribution in [0.3, 0.4) is 0 Å². The van der Waals surface area contributed by atoms with Gasteiger partial charge in [0.25, 0.3) is 0 Å². The molecule has 0 aliphatic heterocycles. The molecule has 0 saturated heterocycles. The number of nitrogens with two attached hydrogens (primary N) is 1. The fraction of sp³-hybridized carbons (Fsp3) is 0.111. The number of hydrogen-bond acceptors (Lipinski definition) is 3. The Bertz CT molecular complexity index is 369. The van der Waals surface area contributed by atoms with Crippen molar-refractivity contribution in [1.29, 1.82) is 0 Å². The van der Waals surface area contributed by atoms with Gasteiger partial charge in [-0.2, -0.15) is 5.10 Å². The number of hydrazone groups is 1. The SMILES string of the molecule is NN=C1CC(=O)c2ccccc21. The first-order valence-electron chi connectivity index (χ1n) is 3.72. The fourth-order valence-corrected chi connectivity index (χ4v) is 1.44. The van der Waals surface area contributed by atoms with Gasteiger partial charge in [-0.3, -0.25) is 4.79 Å². The van der Waals surface area contributed by atoms with E-state index in [0.29, 0.717) is 12.1 Å². The first-order valence-corrected chi connectivity index (χ1v) is 3.72. The van der Waals surface area contributed by atoms with Crippen LogP contribution in [-0.2, 0) is 0 Å². The molecule has 0 unspecified atom stereocenters. The molecule has 3 nitrogen and oxygen atoms in total. The van der Waals surface area contributed by atoms with Crippen LogP contribution in [0.4, 0.5) is 0 Å². The number of benzene rings is 1. The summed E-state index contributed by atoms with van der Waals surface area (Å²) in [6.07, 6.45) is 0.343. The van der Waals surface area contributed by atoms with Crippen molar-refractivity contribution in [2.24, 2.45) is 10.9 Å². The molecule has 2 N–H and O–H groups in total. The molecule has 0 radical (unpaired) electrons. The van der Waals surface area contributed by atoms with Crippen molar-refractivity contribution in [3.05, 3.63) is 35.4 Å². The zero-order chi connectivity index (χ0) is 8.55. The van der Waals surface area contributed by atoms with E-state index in [0.717, 1.165) is 11.1 Å². The minimum atomic E-state index is 0.106. The highest BCUT2D eigenvalue weighted by Crippen LogP contribution is 2.21. The van der Waals surface area contributed by atoms with E-state index in [1.807, 2.05) is 18.2 Å². The number of carbonyl (C=O) groups excluding carboxylic acids is 1. The van der Waals surface area contributed by atoms with Crippen molar-refractivity contribution < 1.29 is 4.79 Å². The topological polar surface area (TPSA) is 55.4 Å². The highest BCUT2D eigenvalue weighted by Gasteiger charge is 2.24. The smallest absolute Gasteiger partial charge is 0.169 e. The number of nitrogens with zero attached hydrogens (tertiary/aromatic N) is 1. The molecule has 3 heteroatoms. The first-order chi connectivity index (χ1) is 5.83. The Kier molecular flexibility index (Phi) is 1.43. The van der Waals surface area contributed by atoms with Gasteiger partial charge in [0.2, 0.25) is 0 Å². The van der Waals surface area contributed by atoms with Crippen LogP contribution >= 0.6 is 0 Å². The second-order valence-corrected chi connectivity index (χ2v) is 2.72. The Balaban J connectivity index is 2.65. The molecule has 0 atom stereocenters. The van der Waals surface area contributed by atoms with Gasteiger partial charge in [0.15, 0.2) is 5.78 Å². The third-order valence-corrected chi connectivity index (χ3v) is 2.02. The zero-order valence-electron chi connectivity index (χ0n) is 6.45. The summed E-state index contributed by atoms with van der Waals surface area (Å²) >= 11 is 0. The molecule has 1 aromatic carbocycles. The molecule has 0 bridgehead atoms. The van der Waals surface area contributed by atoms with Gasteiger partial charge in [0, 0.05) is 11.1 Å². The van der Waals surface area contributed by atoms with Crippen molar-refractivity contribution in [3.8, 4) is 0 Å². The van der Waals surface area contributed by atoms with Gasteiger partial charge in [-0.15, -0.1) is 0 Å². The summed E-state index contributed by atoms with van der Waals surface area (Å²) in [6.45, 7) is 0. The summed E-state index contributed by atoms with van der Waals surface area (Å²) in [7, 11) is 0. The number of fused-ring (bicyclic) bond motifs is 1. The highest BCUT2D eigenvalue weighted by molar-refractivity contribution is 6.26. The highest BCUT2D eigenvalue weighted by atomic mass is 16.1. The lowest BCUT2D eigenvalue weighted by molar-refractivity contribution is 0.101. The number of ketones is 1. The van der Waals surface area contributed by atoms with Crippen molar-refractivity contribution in [2.75, 3.05) is 0 Å². The van der Waals surface area contributed by atoms with Gasteiger partial charge < -0.3 is 5.84 Å². The number of hydrogen-bond donors (Lipinski definition) is 1. The molecule has 1 aromatic rings. The number of carbonyl (C=O) groups is 1. The van der Waals surface area contributed by atoms with Crippen molar-refractivity contribution in [2.45, 2.75) is 6.42 Å². The Morgan fingerprint density at radius 1 is 1.25 bits per heavy atom. The predicted octanol–water partition coefficient (Wildman–Crippen LogP) is 0.936. The monoisotopic (exact) mass is 160 g/mol. The lowest BCUT2D eigenvalue weighted by Crippen LogP contribution is -1.98. The average Bonchev–Trinajstić information content (AvgIpc) is 2.44.